The molecule has 1 saturated carbocycles. The summed E-state index contributed by atoms with van der Waals surface area (Å²) < 4.78 is 13.6. The number of benzene rings is 1. The van der Waals surface area contributed by atoms with Gasteiger partial charge >= 0.3 is 5.97 Å². The lowest BCUT2D eigenvalue weighted by molar-refractivity contribution is 0.0692. The monoisotopic (exact) mass is 279 g/mol. The van der Waals surface area contributed by atoms with Crippen molar-refractivity contribution in [1.82, 2.24) is 5.32 Å². The van der Waals surface area contributed by atoms with E-state index < -0.39 is 11.8 Å². The zero-order valence-electron chi connectivity index (χ0n) is 12.0. The molecule has 0 saturated heterocycles. The van der Waals surface area contributed by atoms with E-state index in [0.29, 0.717) is 18.5 Å². The molecule has 0 heterocycles. The summed E-state index contributed by atoms with van der Waals surface area (Å²) in [7, 11) is 0. The molecule has 0 aromatic heterocycles. The van der Waals surface area contributed by atoms with E-state index in [2.05, 4.69) is 19.2 Å². The standard InChI is InChI=1S/C16H22FNO2/c1-10-3-5-13(7-11(10)2)18-9-12-4-6-14(16(19)20)15(17)8-12/h4,6,8,10-11,13,18H,3,5,7,9H2,1-2H3,(H,19,20). The van der Waals surface area contributed by atoms with Crippen LogP contribution in [-0.2, 0) is 6.54 Å². The molecule has 110 valence electrons. The van der Waals surface area contributed by atoms with E-state index in [0.717, 1.165) is 24.3 Å². The first-order valence-corrected chi connectivity index (χ1v) is 7.22. The van der Waals surface area contributed by atoms with Crippen molar-refractivity contribution in [3.05, 3.63) is 35.1 Å². The fourth-order valence-corrected chi connectivity index (χ4v) is 2.84. The van der Waals surface area contributed by atoms with E-state index in [-0.39, 0.29) is 5.56 Å². The van der Waals surface area contributed by atoms with Crippen molar-refractivity contribution in [3.8, 4) is 0 Å². The highest BCUT2D eigenvalue weighted by Crippen LogP contribution is 2.29. The van der Waals surface area contributed by atoms with E-state index in [4.69, 9.17) is 5.11 Å². The van der Waals surface area contributed by atoms with Crippen LogP contribution >= 0.6 is 0 Å². The van der Waals surface area contributed by atoms with E-state index in [1.807, 2.05) is 0 Å². The Morgan fingerprint density at radius 1 is 1.35 bits per heavy atom. The van der Waals surface area contributed by atoms with Crippen LogP contribution in [0.4, 0.5) is 4.39 Å². The van der Waals surface area contributed by atoms with Crippen molar-refractivity contribution >= 4 is 5.97 Å². The molecular weight excluding hydrogens is 257 g/mol. The summed E-state index contributed by atoms with van der Waals surface area (Å²) in [6, 6.07) is 4.79. The lowest BCUT2D eigenvalue weighted by atomic mass is 9.79. The van der Waals surface area contributed by atoms with Crippen molar-refractivity contribution in [3.63, 3.8) is 0 Å². The fraction of sp³-hybridized carbons (Fsp3) is 0.562. The van der Waals surface area contributed by atoms with Crippen LogP contribution in [0, 0.1) is 17.7 Å². The highest BCUT2D eigenvalue weighted by Gasteiger charge is 2.24. The Balaban J connectivity index is 1.91. The largest absolute Gasteiger partial charge is 0.478 e. The first kappa shape index (κ1) is 15.0. The Hall–Kier alpha value is -1.42. The van der Waals surface area contributed by atoms with E-state index in [9.17, 15) is 9.18 Å². The average Bonchev–Trinajstić information content (AvgIpc) is 2.40. The number of halogens is 1. The van der Waals surface area contributed by atoms with Gasteiger partial charge in [0.15, 0.2) is 0 Å². The molecule has 1 fully saturated rings. The minimum absolute atomic E-state index is 0.270. The molecule has 1 aliphatic rings. The van der Waals surface area contributed by atoms with E-state index in [1.165, 1.54) is 18.6 Å². The number of carboxylic acid groups (broad SMARTS) is 1. The van der Waals surface area contributed by atoms with Gasteiger partial charge < -0.3 is 10.4 Å². The Morgan fingerprint density at radius 3 is 2.70 bits per heavy atom. The number of carboxylic acids is 1. The number of rotatable bonds is 4. The molecule has 1 aromatic carbocycles. The van der Waals surface area contributed by atoms with Gasteiger partial charge in [0, 0.05) is 12.6 Å². The minimum atomic E-state index is -1.22. The molecule has 20 heavy (non-hydrogen) atoms. The van der Waals surface area contributed by atoms with E-state index >= 15 is 0 Å². The molecule has 2 rings (SSSR count). The lowest BCUT2D eigenvalue weighted by Crippen LogP contribution is -2.35. The predicted molar refractivity (Wildman–Crippen MR) is 76.2 cm³/mol. The number of aromatic carboxylic acids is 1. The number of carbonyl (C=O) groups is 1. The molecule has 1 aliphatic carbocycles. The Kier molecular flexibility index (Phi) is 4.76. The van der Waals surface area contributed by atoms with Gasteiger partial charge in [0.1, 0.15) is 5.82 Å². The van der Waals surface area contributed by atoms with Gasteiger partial charge in [0.2, 0.25) is 0 Å². The van der Waals surface area contributed by atoms with Crippen LogP contribution in [0.3, 0.4) is 0 Å². The van der Waals surface area contributed by atoms with Crippen LogP contribution in [-0.4, -0.2) is 17.1 Å². The summed E-state index contributed by atoms with van der Waals surface area (Å²) in [6.07, 6.45) is 3.53. The number of nitrogens with one attached hydrogen (secondary N) is 1. The van der Waals surface area contributed by atoms with Crippen LogP contribution in [0.1, 0.15) is 49.0 Å². The second kappa shape index (κ2) is 6.35. The quantitative estimate of drug-likeness (QED) is 0.887. The molecule has 0 spiro atoms. The third-order valence-electron chi connectivity index (χ3n) is 4.46. The van der Waals surface area contributed by atoms with Gasteiger partial charge in [-0.3, -0.25) is 0 Å². The second-order valence-corrected chi connectivity index (χ2v) is 5.96. The molecule has 3 nitrogen and oxygen atoms in total. The summed E-state index contributed by atoms with van der Waals surface area (Å²) in [5, 5.41) is 12.2. The van der Waals surface area contributed by atoms with Crippen LogP contribution in [0.5, 0.6) is 0 Å². The third-order valence-corrected chi connectivity index (χ3v) is 4.46. The van der Waals surface area contributed by atoms with Crippen molar-refractivity contribution < 1.29 is 14.3 Å². The van der Waals surface area contributed by atoms with Crippen molar-refractivity contribution in [2.45, 2.75) is 45.7 Å². The molecule has 4 heteroatoms. The number of hydrogen-bond acceptors (Lipinski definition) is 2. The Bertz CT molecular complexity index is 489. The highest BCUT2D eigenvalue weighted by molar-refractivity contribution is 5.87. The van der Waals surface area contributed by atoms with E-state index in [1.54, 1.807) is 6.07 Å². The maximum atomic E-state index is 13.6. The van der Waals surface area contributed by atoms with Gasteiger partial charge in [-0.1, -0.05) is 19.9 Å². The third kappa shape index (κ3) is 3.57. The van der Waals surface area contributed by atoms with Crippen molar-refractivity contribution in [2.75, 3.05) is 0 Å². The molecule has 0 radical (unpaired) electrons. The maximum Gasteiger partial charge on any atom is 0.338 e. The van der Waals surface area contributed by atoms with Gasteiger partial charge in [-0.15, -0.1) is 0 Å². The molecule has 0 amide bonds. The fourth-order valence-electron chi connectivity index (χ4n) is 2.84. The van der Waals surface area contributed by atoms with Gasteiger partial charge in [0.05, 0.1) is 5.56 Å². The maximum absolute atomic E-state index is 13.6. The SMILES string of the molecule is CC1CCC(NCc2ccc(C(=O)O)c(F)c2)CC1C. The molecule has 3 unspecified atom stereocenters. The van der Waals surface area contributed by atoms with Crippen LogP contribution in [0.2, 0.25) is 0 Å². The Morgan fingerprint density at radius 2 is 2.10 bits per heavy atom. The summed E-state index contributed by atoms with van der Waals surface area (Å²) in [5.41, 5.74) is 0.521. The van der Waals surface area contributed by atoms with Crippen LogP contribution < -0.4 is 5.32 Å². The van der Waals surface area contributed by atoms with Crippen LogP contribution in [0.15, 0.2) is 18.2 Å². The first-order valence-electron chi connectivity index (χ1n) is 7.22. The zero-order chi connectivity index (χ0) is 14.7. The molecule has 2 N–H and O–H groups in total. The smallest absolute Gasteiger partial charge is 0.338 e. The molecule has 0 bridgehead atoms. The van der Waals surface area contributed by atoms with Gasteiger partial charge in [-0.25, -0.2) is 9.18 Å². The van der Waals surface area contributed by atoms with Crippen molar-refractivity contribution in [1.29, 1.82) is 0 Å². The second-order valence-electron chi connectivity index (χ2n) is 5.96. The van der Waals surface area contributed by atoms with Gasteiger partial charge in [-0.2, -0.15) is 0 Å². The summed E-state index contributed by atoms with van der Waals surface area (Å²) in [5.74, 6) is -0.396. The van der Waals surface area contributed by atoms with Gasteiger partial charge in [0.25, 0.3) is 0 Å². The summed E-state index contributed by atoms with van der Waals surface area (Å²) >= 11 is 0. The minimum Gasteiger partial charge on any atom is -0.478 e. The van der Waals surface area contributed by atoms with Crippen molar-refractivity contribution in [2.24, 2.45) is 11.8 Å². The Labute approximate surface area is 119 Å². The average molecular weight is 279 g/mol. The number of hydrogen-bond donors (Lipinski definition) is 2. The summed E-state index contributed by atoms with van der Waals surface area (Å²) in [4.78, 5) is 10.7. The van der Waals surface area contributed by atoms with Crippen LogP contribution in [0.25, 0.3) is 0 Å². The lowest BCUT2D eigenvalue weighted by Gasteiger charge is -2.32. The highest BCUT2D eigenvalue weighted by atomic mass is 19.1. The summed E-state index contributed by atoms with van der Waals surface area (Å²) in [6.45, 7) is 5.16. The molecule has 1 aromatic rings. The first-order chi connectivity index (χ1) is 9.47. The molecular formula is C16H22FNO2. The predicted octanol–water partition coefficient (Wildman–Crippen LogP) is 3.44. The zero-order valence-corrected chi connectivity index (χ0v) is 12.0. The topological polar surface area (TPSA) is 49.3 Å². The normalized spacial score (nSPS) is 26.4. The van der Waals surface area contributed by atoms with Gasteiger partial charge in [-0.05, 0) is 48.8 Å². The molecule has 3 atom stereocenters. The molecule has 0 aliphatic heterocycles.